The number of hydrogen-bond donors (Lipinski definition) is 0. The highest BCUT2D eigenvalue weighted by molar-refractivity contribution is 5.63. The van der Waals surface area contributed by atoms with Gasteiger partial charge in [-0.05, 0) is 0 Å². The van der Waals surface area contributed by atoms with Gasteiger partial charge in [0.15, 0.2) is 6.29 Å². The molecule has 1 aromatic carbocycles. The molecule has 3 nitrogen and oxygen atoms in total. The zero-order chi connectivity index (χ0) is 9.73. The smallest absolute Gasteiger partial charge is 0.252 e. The fourth-order valence-electron chi connectivity index (χ4n) is 1.15. The summed E-state index contributed by atoms with van der Waals surface area (Å²) in [7, 11) is 2.87. The van der Waals surface area contributed by atoms with Gasteiger partial charge in [0.1, 0.15) is 0 Å². The van der Waals surface area contributed by atoms with E-state index in [4.69, 9.17) is 9.47 Å². The van der Waals surface area contributed by atoms with Crippen molar-refractivity contribution in [2.75, 3.05) is 14.2 Å². The second-order valence-corrected chi connectivity index (χ2v) is 2.56. The van der Waals surface area contributed by atoms with E-state index in [0.29, 0.717) is 11.8 Å². The van der Waals surface area contributed by atoms with Crippen LogP contribution in [-0.4, -0.2) is 20.5 Å². The van der Waals surface area contributed by atoms with Crippen molar-refractivity contribution in [3.8, 4) is 0 Å². The van der Waals surface area contributed by atoms with Crippen LogP contribution in [-0.2, 0) is 20.1 Å². The van der Waals surface area contributed by atoms with Crippen LogP contribution < -0.4 is 0 Å². The van der Waals surface area contributed by atoms with E-state index >= 15 is 0 Å². The molecule has 0 saturated heterocycles. The summed E-state index contributed by atoms with van der Waals surface area (Å²) >= 11 is 0. The molecule has 0 aliphatic heterocycles. The van der Waals surface area contributed by atoms with Gasteiger partial charge in [0.25, 0.3) is 5.79 Å². The molecule has 0 aliphatic carbocycles. The third-order valence-corrected chi connectivity index (χ3v) is 1.94. The number of benzene rings is 1. The Morgan fingerprint density at radius 1 is 1.15 bits per heavy atom. The lowest BCUT2D eigenvalue weighted by Gasteiger charge is -2.24. The monoisotopic (exact) mass is 180 g/mol. The molecule has 0 fully saturated rings. The van der Waals surface area contributed by atoms with Crippen molar-refractivity contribution in [2.24, 2.45) is 0 Å². The van der Waals surface area contributed by atoms with Gasteiger partial charge < -0.3 is 9.47 Å². The average Bonchev–Trinajstić information content (AvgIpc) is 2.23. The van der Waals surface area contributed by atoms with Crippen LogP contribution in [0.5, 0.6) is 0 Å². The summed E-state index contributed by atoms with van der Waals surface area (Å²) in [4.78, 5) is 10.8. The van der Waals surface area contributed by atoms with Crippen LogP contribution in [0.25, 0.3) is 0 Å². The van der Waals surface area contributed by atoms with E-state index in [1.54, 1.807) is 12.1 Å². The van der Waals surface area contributed by atoms with Crippen LogP contribution in [0.3, 0.4) is 0 Å². The van der Waals surface area contributed by atoms with Crippen LogP contribution >= 0.6 is 0 Å². The van der Waals surface area contributed by atoms with E-state index < -0.39 is 5.79 Å². The van der Waals surface area contributed by atoms with Gasteiger partial charge in [-0.15, -0.1) is 0 Å². The molecule has 0 N–H and O–H groups in total. The molecule has 13 heavy (non-hydrogen) atoms. The molecule has 0 unspecified atom stereocenters. The Labute approximate surface area is 77.3 Å². The molecular formula is C10H12O3. The van der Waals surface area contributed by atoms with Gasteiger partial charge in [-0.25, -0.2) is 0 Å². The average molecular weight is 180 g/mol. The fraction of sp³-hybridized carbons (Fsp3) is 0.300. The van der Waals surface area contributed by atoms with Crippen molar-refractivity contribution in [3.05, 3.63) is 35.9 Å². The van der Waals surface area contributed by atoms with Gasteiger partial charge in [0, 0.05) is 19.8 Å². The molecule has 1 rings (SSSR count). The maximum atomic E-state index is 10.8. The fourth-order valence-corrected chi connectivity index (χ4v) is 1.15. The molecule has 0 amide bonds. The Balaban J connectivity index is 3.08. The summed E-state index contributed by atoms with van der Waals surface area (Å²) in [5, 5.41) is 0. The quantitative estimate of drug-likeness (QED) is 0.518. The molecule has 0 atom stereocenters. The minimum absolute atomic E-state index is 0.641. The van der Waals surface area contributed by atoms with Crippen LogP contribution in [0.4, 0.5) is 0 Å². The molecule has 0 radical (unpaired) electrons. The molecule has 0 bridgehead atoms. The van der Waals surface area contributed by atoms with Crippen LogP contribution in [0.2, 0.25) is 0 Å². The third kappa shape index (κ3) is 1.76. The first kappa shape index (κ1) is 9.89. The van der Waals surface area contributed by atoms with Crippen LogP contribution in [0, 0.1) is 0 Å². The highest BCUT2D eigenvalue weighted by atomic mass is 16.7. The van der Waals surface area contributed by atoms with E-state index in [-0.39, 0.29) is 0 Å². The first-order chi connectivity index (χ1) is 6.29. The molecule has 70 valence electrons. The number of carbonyl (C=O) groups is 1. The highest BCUT2D eigenvalue weighted by Crippen LogP contribution is 2.22. The van der Waals surface area contributed by atoms with Gasteiger partial charge in [0.05, 0.1) is 0 Å². The number of rotatable bonds is 4. The summed E-state index contributed by atoms with van der Waals surface area (Å²) < 4.78 is 10.1. The van der Waals surface area contributed by atoms with Gasteiger partial charge in [0.2, 0.25) is 0 Å². The van der Waals surface area contributed by atoms with E-state index in [2.05, 4.69) is 0 Å². The van der Waals surface area contributed by atoms with Crippen LogP contribution in [0.15, 0.2) is 30.3 Å². The number of methoxy groups -OCH3 is 2. The topological polar surface area (TPSA) is 35.5 Å². The SMILES string of the molecule is COC(C=O)(OC)c1ccccc1. The molecule has 1 aromatic rings. The largest absolute Gasteiger partial charge is 0.344 e. The standard InChI is InChI=1S/C10H12O3/c1-12-10(8-11,13-2)9-6-4-3-5-7-9/h3-8H,1-2H3. The number of aldehydes is 1. The van der Waals surface area contributed by atoms with Crippen molar-refractivity contribution in [1.29, 1.82) is 0 Å². The van der Waals surface area contributed by atoms with E-state index in [9.17, 15) is 4.79 Å². The Morgan fingerprint density at radius 3 is 2.08 bits per heavy atom. The first-order valence-electron chi connectivity index (χ1n) is 3.91. The van der Waals surface area contributed by atoms with Crippen LogP contribution in [0.1, 0.15) is 5.56 Å². The minimum atomic E-state index is -1.26. The summed E-state index contributed by atoms with van der Waals surface area (Å²) in [6.45, 7) is 0. The van der Waals surface area contributed by atoms with Crippen molar-refractivity contribution in [1.82, 2.24) is 0 Å². The normalized spacial score (nSPS) is 11.2. The van der Waals surface area contributed by atoms with Gasteiger partial charge >= 0.3 is 0 Å². The predicted octanol–water partition coefficient (Wildman–Crippen LogP) is 1.33. The predicted molar refractivity (Wildman–Crippen MR) is 48.2 cm³/mol. The second kappa shape index (κ2) is 4.16. The maximum absolute atomic E-state index is 10.8. The second-order valence-electron chi connectivity index (χ2n) is 2.56. The molecule has 0 heterocycles. The van der Waals surface area contributed by atoms with Gasteiger partial charge in [-0.3, -0.25) is 4.79 Å². The molecule has 3 heteroatoms. The third-order valence-electron chi connectivity index (χ3n) is 1.94. The lowest BCUT2D eigenvalue weighted by atomic mass is 10.1. The van der Waals surface area contributed by atoms with Crippen molar-refractivity contribution >= 4 is 6.29 Å². The van der Waals surface area contributed by atoms with Gasteiger partial charge in [-0.1, -0.05) is 30.3 Å². The van der Waals surface area contributed by atoms with E-state index in [1.807, 2.05) is 18.2 Å². The number of carbonyl (C=O) groups excluding carboxylic acids is 1. The maximum Gasteiger partial charge on any atom is 0.252 e. The zero-order valence-corrected chi connectivity index (χ0v) is 7.69. The highest BCUT2D eigenvalue weighted by Gasteiger charge is 2.31. The number of ether oxygens (including phenoxy) is 2. The molecule has 0 aromatic heterocycles. The molecular weight excluding hydrogens is 168 g/mol. The van der Waals surface area contributed by atoms with Crippen molar-refractivity contribution < 1.29 is 14.3 Å². The van der Waals surface area contributed by atoms with E-state index in [1.165, 1.54) is 14.2 Å². The Kier molecular flexibility index (Phi) is 3.17. The summed E-state index contributed by atoms with van der Waals surface area (Å²) in [5.41, 5.74) is 0.690. The molecule has 0 spiro atoms. The molecule has 0 saturated carbocycles. The number of hydrogen-bond acceptors (Lipinski definition) is 3. The molecule has 0 aliphatic rings. The van der Waals surface area contributed by atoms with E-state index in [0.717, 1.165) is 0 Å². The summed E-state index contributed by atoms with van der Waals surface area (Å²) in [6, 6.07) is 9.07. The summed E-state index contributed by atoms with van der Waals surface area (Å²) in [6.07, 6.45) is 0.641. The van der Waals surface area contributed by atoms with Crippen molar-refractivity contribution in [2.45, 2.75) is 5.79 Å². The first-order valence-corrected chi connectivity index (χ1v) is 3.91. The lowest BCUT2D eigenvalue weighted by molar-refractivity contribution is -0.201. The zero-order valence-electron chi connectivity index (χ0n) is 7.69. The minimum Gasteiger partial charge on any atom is -0.344 e. The lowest BCUT2D eigenvalue weighted by Crippen LogP contribution is -2.32. The Bertz CT molecular complexity index is 265. The Morgan fingerprint density at radius 2 is 1.69 bits per heavy atom. The van der Waals surface area contributed by atoms with Gasteiger partial charge in [-0.2, -0.15) is 0 Å². The van der Waals surface area contributed by atoms with Crippen molar-refractivity contribution in [3.63, 3.8) is 0 Å². The Hall–Kier alpha value is -1.19. The summed E-state index contributed by atoms with van der Waals surface area (Å²) in [5.74, 6) is -1.26.